The van der Waals surface area contributed by atoms with Crippen molar-refractivity contribution >= 4 is 29.0 Å². The normalized spacial score (nSPS) is 10.5. The zero-order chi connectivity index (χ0) is 11.0. The molecule has 0 spiro atoms. The Bertz CT molecular complexity index is 487. The Kier molecular flexibility index (Phi) is 2.46. The van der Waals surface area contributed by atoms with Gasteiger partial charge in [-0.05, 0) is 12.1 Å². The largest absolute Gasteiger partial charge is 0.382 e. The molecule has 0 fully saturated rings. The Balaban J connectivity index is 2.69. The van der Waals surface area contributed by atoms with E-state index in [0.29, 0.717) is 27.1 Å². The summed E-state index contributed by atoms with van der Waals surface area (Å²) in [6.45, 7) is 0. The fourth-order valence-electron chi connectivity index (χ4n) is 1.29. The Hall–Kier alpha value is -1.39. The van der Waals surface area contributed by atoms with Gasteiger partial charge >= 0.3 is 0 Å². The zero-order valence-corrected chi connectivity index (χ0v) is 9.13. The number of aromatic nitrogens is 2. The molecule has 0 aliphatic carbocycles. The number of benzene rings is 1. The summed E-state index contributed by atoms with van der Waals surface area (Å²) in [7, 11) is 0. The van der Waals surface area contributed by atoms with Crippen molar-refractivity contribution < 1.29 is 0 Å². The van der Waals surface area contributed by atoms with Crippen LogP contribution in [0.5, 0.6) is 0 Å². The highest BCUT2D eigenvalue weighted by molar-refractivity contribution is 6.39. The van der Waals surface area contributed by atoms with E-state index in [0.717, 1.165) is 0 Å². The standard InChI is InChI=1S/C9H8Cl2N4/c10-5-2-1-3-6(11)7(5)8-9(12)15(13)4-14-8/h1-4H,12-13H2. The van der Waals surface area contributed by atoms with Crippen LogP contribution >= 0.6 is 23.2 Å². The molecule has 1 aromatic carbocycles. The first-order chi connectivity index (χ1) is 7.11. The molecule has 0 atom stereocenters. The molecule has 0 radical (unpaired) electrons. The number of hydrogen-bond acceptors (Lipinski definition) is 3. The molecule has 0 amide bonds. The van der Waals surface area contributed by atoms with Crippen LogP contribution in [-0.2, 0) is 0 Å². The molecule has 15 heavy (non-hydrogen) atoms. The summed E-state index contributed by atoms with van der Waals surface area (Å²) in [5, 5.41) is 0.987. The van der Waals surface area contributed by atoms with E-state index in [1.807, 2.05) is 0 Å². The van der Waals surface area contributed by atoms with Crippen molar-refractivity contribution in [3.05, 3.63) is 34.6 Å². The number of anilines is 1. The second-order valence-electron chi connectivity index (χ2n) is 2.98. The number of nitrogen functional groups attached to an aromatic ring is 2. The second-order valence-corrected chi connectivity index (χ2v) is 3.80. The van der Waals surface area contributed by atoms with Gasteiger partial charge in [0.2, 0.25) is 0 Å². The highest BCUT2D eigenvalue weighted by Gasteiger charge is 2.14. The highest BCUT2D eigenvalue weighted by atomic mass is 35.5. The van der Waals surface area contributed by atoms with E-state index in [4.69, 9.17) is 34.8 Å². The molecule has 6 heteroatoms. The third-order valence-corrected chi connectivity index (χ3v) is 2.66. The van der Waals surface area contributed by atoms with Gasteiger partial charge in [-0.2, -0.15) is 0 Å². The van der Waals surface area contributed by atoms with Gasteiger partial charge in [0, 0.05) is 5.56 Å². The average molecular weight is 243 g/mol. The van der Waals surface area contributed by atoms with Gasteiger partial charge < -0.3 is 11.6 Å². The van der Waals surface area contributed by atoms with Crippen LogP contribution in [0.15, 0.2) is 24.5 Å². The van der Waals surface area contributed by atoms with Gasteiger partial charge in [0.05, 0.1) is 10.0 Å². The molecule has 4 nitrogen and oxygen atoms in total. The maximum atomic E-state index is 6.02. The van der Waals surface area contributed by atoms with Crippen molar-refractivity contribution in [2.75, 3.05) is 11.6 Å². The van der Waals surface area contributed by atoms with Gasteiger partial charge in [-0.3, -0.25) is 0 Å². The van der Waals surface area contributed by atoms with Crippen LogP contribution in [0.3, 0.4) is 0 Å². The smallest absolute Gasteiger partial charge is 0.150 e. The third kappa shape index (κ3) is 1.62. The van der Waals surface area contributed by atoms with Crippen molar-refractivity contribution in [1.29, 1.82) is 0 Å². The predicted molar refractivity (Wildman–Crippen MR) is 62.2 cm³/mol. The third-order valence-electron chi connectivity index (χ3n) is 2.03. The summed E-state index contributed by atoms with van der Waals surface area (Å²) in [6.07, 6.45) is 1.41. The molecule has 0 saturated heterocycles. The molecule has 4 N–H and O–H groups in total. The summed E-state index contributed by atoms with van der Waals surface area (Å²) in [5.74, 6) is 5.85. The molecule has 0 aliphatic rings. The minimum absolute atomic E-state index is 0.324. The number of nitrogens with zero attached hydrogens (tertiary/aromatic N) is 2. The van der Waals surface area contributed by atoms with Crippen LogP contribution in [0.2, 0.25) is 10.0 Å². The van der Waals surface area contributed by atoms with Crippen molar-refractivity contribution in [3.63, 3.8) is 0 Å². The molecular weight excluding hydrogens is 235 g/mol. The highest BCUT2D eigenvalue weighted by Crippen LogP contribution is 2.35. The summed E-state index contributed by atoms with van der Waals surface area (Å²) in [5.41, 5.74) is 6.82. The van der Waals surface area contributed by atoms with E-state index in [9.17, 15) is 0 Å². The number of nitrogens with two attached hydrogens (primary N) is 2. The average Bonchev–Trinajstić information content (AvgIpc) is 2.49. The fraction of sp³-hybridized carbons (Fsp3) is 0. The molecular formula is C9H8Cl2N4. The minimum atomic E-state index is 0.324. The minimum Gasteiger partial charge on any atom is -0.382 e. The maximum Gasteiger partial charge on any atom is 0.150 e. The lowest BCUT2D eigenvalue weighted by atomic mass is 10.1. The molecule has 0 saturated carbocycles. The lowest BCUT2D eigenvalue weighted by Gasteiger charge is -2.04. The number of hydrogen-bond donors (Lipinski definition) is 2. The Morgan fingerprint density at radius 3 is 2.27 bits per heavy atom. The molecule has 78 valence electrons. The topological polar surface area (TPSA) is 69.9 Å². The first-order valence-corrected chi connectivity index (χ1v) is 4.89. The molecule has 1 aromatic heterocycles. The monoisotopic (exact) mass is 242 g/mol. The van der Waals surface area contributed by atoms with Crippen LogP contribution in [0.25, 0.3) is 11.3 Å². The first kappa shape index (κ1) is 10.1. The van der Waals surface area contributed by atoms with Crippen LogP contribution in [-0.4, -0.2) is 9.66 Å². The molecule has 1 heterocycles. The van der Waals surface area contributed by atoms with Gasteiger partial charge in [0.15, 0.2) is 5.82 Å². The van der Waals surface area contributed by atoms with Gasteiger partial charge in [0.25, 0.3) is 0 Å². The lowest BCUT2D eigenvalue weighted by molar-refractivity contribution is 1.01. The van der Waals surface area contributed by atoms with Crippen molar-refractivity contribution in [3.8, 4) is 11.3 Å². The van der Waals surface area contributed by atoms with Crippen molar-refractivity contribution in [2.45, 2.75) is 0 Å². The number of imidazole rings is 1. The van der Waals surface area contributed by atoms with Crippen molar-refractivity contribution in [2.24, 2.45) is 0 Å². The van der Waals surface area contributed by atoms with E-state index < -0.39 is 0 Å². The van der Waals surface area contributed by atoms with E-state index in [-0.39, 0.29) is 0 Å². The Morgan fingerprint density at radius 2 is 1.80 bits per heavy atom. The summed E-state index contributed by atoms with van der Waals surface area (Å²) >= 11 is 12.0. The van der Waals surface area contributed by atoms with Gasteiger partial charge in [-0.15, -0.1) is 0 Å². The van der Waals surface area contributed by atoms with E-state index in [1.165, 1.54) is 11.0 Å². The predicted octanol–water partition coefficient (Wildman–Crippen LogP) is 2.15. The van der Waals surface area contributed by atoms with E-state index in [2.05, 4.69) is 4.98 Å². The molecule has 0 bridgehead atoms. The summed E-state index contributed by atoms with van der Waals surface area (Å²) in [4.78, 5) is 4.05. The SMILES string of the molecule is Nc1c(-c2c(Cl)cccc2Cl)ncn1N. The van der Waals surface area contributed by atoms with E-state index >= 15 is 0 Å². The number of rotatable bonds is 1. The van der Waals surface area contributed by atoms with Gasteiger partial charge in [-0.1, -0.05) is 29.3 Å². The summed E-state index contributed by atoms with van der Waals surface area (Å²) in [6, 6.07) is 5.19. The Morgan fingerprint density at radius 1 is 1.20 bits per heavy atom. The van der Waals surface area contributed by atoms with Crippen LogP contribution in [0.4, 0.5) is 5.82 Å². The van der Waals surface area contributed by atoms with E-state index in [1.54, 1.807) is 18.2 Å². The quantitative estimate of drug-likeness (QED) is 0.754. The molecule has 0 unspecified atom stereocenters. The molecule has 2 rings (SSSR count). The molecule has 0 aliphatic heterocycles. The molecule has 2 aromatic rings. The number of halogens is 2. The fourth-order valence-corrected chi connectivity index (χ4v) is 1.86. The van der Waals surface area contributed by atoms with Crippen LogP contribution < -0.4 is 11.6 Å². The Labute approximate surface area is 96.4 Å². The van der Waals surface area contributed by atoms with Crippen LogP contribution in [0.1, 0.15) is 0 Å². The zero-order valence-electron chi connectivity index (χ0n) is 7.61. The van der Waals surface area contributed by atoms with Gasteiger partial charge in [-0.25, -0.2) is 9.66 Å². The van der Waals surface area contributed by atoms with Gasteiger partial charge in [0.1, 0.15) is 12.0 Å². The van der Waals surface area contributed by atoms with Crippen molar-refractivity contribution in [1.82, 2.24) is 9.66 Å². The van der Waals surface area contributed by atoms with Crippen LogP contribution in [0, 0.1) is 0 Å². The second kappa shape index (κ2) is 3.64. The summed E-state index contributed by atoms with van der Waals surface area (Å²) < 4.78 is 1.22. The maximum absolute atomic E-state index is 6.02. The first-order valence-electron chi connectivity index (χ1n) is 4.13. The lowest BCUT2D eigenvalue weighted by Crippen LogP contribution is -2.10.